The monoisotopic (exact) mass is 279 g/mol. The van der Waals surface area contributed by atoms with E-state index in [-0.39, 0.29) is 26.0 Å². The van der Waals surface area contributed by atoms with Gasteiger partial charge in [-0.25, -0.2) is 9.69 Å². The minimum absolute atomic E-state index is 0.0119. The molecule has 6 nitrogen and oxygen atoms in total. The summed E-state index contributed by atoms with van der Waals surface area (Å²) in [5, 5.41) is 0. The maximum absolute atomic E-state index is 12.0. The fourth-order valence-electron chi connectivity index (χ4n) is 2.08. The maximum Gasteiger partial charge on any atom is 0.417 e. The lowest BCUT2D eigenvalue weighted by atomic mass is 10.1. The fourth-order valence-corrected chi connectivity index (χ4v) is 2.08. The van der Waals surface area contributed by atoms with Crippen molar-refractivity contribution in [3.8, 4) is 0 Å². The molecule has 1 fully saturated rings. The molecule has 0 unspecified atom stereocenters. The summed E-state index contributed by atoms with van der Waals surface area (Å²) in [6.45, 7) is 0.0238. The highest BCUT2D eigenvalue weighted by Gasteiger charge is 2.37. The molecule has 1 atom stereocenters. The quantitative estimate of drug-likeness (QED) is 0.578. The number of ether oxygens (including phenoxy) is 3. The number of cyclic esters (lactones) is 1. The van der Waals surface area contributed by atoms with Crippen molar-refractivity contribution in [2.45, 2.75) is 12.5 Å². The molecule has 108 valence electrons. The van der Waals surface area contributed by atoms with E-state index < -0.39 is 12.0 Å². The van der Waals surface area contributed by atoms with Crippen molar-refractivity contribution >= 4 is 12.0 Å². The number of benzene rings is 1. The third kappa shape index (κ3) is 3.55. The molecule has 6 heteroatoms. The molecule has 0 aromatic heterocycles. The van der Waals surface area contributed by atoms with Crippen LogP contribution in [0.4, 0.5) is 4.79 Å². The number of hydrogen-bond acceptors (Lipinski definition) is 5. The van der Waals surface area contributed by atoms with Crippen LogP contribution in [0.3, 0.4) is 0 Å². The standard InChI is InChI=1S/C14H17NO5/c1-18-10-19-9-13(16)15-12(8-20-14(15)17)7-11-5-3-2-4-6-11/h2-6,12H,7-10H2,1H3/t12-/m0/s1. The highest BCUT2D eigenvalue weighted by Crippen LogP contribution is 2.17. The van der Waals surface area contributed by atoms with Gasteiger partial charge >= 0.3 is 6.09 Å². The number of carbonyl (C=O) groups excluding carboxylic acids is 2. The Hall–Kier alpha value is -1.92. The van der Waals surface area contributed by atoms with Gasteiger partial charge in [0.2, 0.25) is 0 Å². The first-order valence-electron chi connectivity index (χ1n) is 6.32. The molecule has 1 aliphatic rings. The summed E-state index contributed by atoms with van der Waals surface area (Å²) in [4.78, 5) is 24.7. The van der Waals surface area contributed by atoms with Crippen LogP contribution in [0, 0.1) is 0 Å². The number of amides is 2. The molecular weight excluding hydrogens is 262 g/mol. The predicted octanol–water partition coefficient (Wildman–Crippen LogP) is 1.20. The molecule has 1 aromatic rings. The Morgan fingerprint density at radius 1 is 1.40 bits per heavy atom. The summed E-state index contributed by atoms with van der Waals surface area (Å²) >= 11 is 0. The smallest absolute Gasteiger partial charge is 0.417 e. The number of imide groups is 1. The van der Waals surface area contributed by atoms with Crippen molar-refractivity contribution in [1.29, 1.82) is 0 Å². The Kier molecular flexibility index (Phi) is 5.09. The van der Waals surface area contributed by atoms with Gasteiger partial charge in [-0.3, -0.25) is 4.79 Å². The van der Waals surface area contributed by atoms with Gasteiger partial charge in [-0.1, -0.05) is 30.3 Å². The van der Waals surface area contributed by atoms with E-state index in [1.54, 1.807) is 0 Å². The molecule has 1 aliphatic heterocycles. The van der Waals surface area contributed by atoms with Crippen molar-refractivity contribution in [2.75, 3.05) is 27.1 Å². The number of nitrogens with zero attached hydrogens (tertiary/aromatic N) is 1. The number of carbonyl (C=O) groups is 2. The number of methoxy groups -OCH3 is 1. The van der Waals surface area contributed by atoms with Crippen molar-refractivity contribution in [3.05, 3.63) is 35.9 Å². The molecule has 1 aromatic carbocycles. The highest BCUT2D eigenvalue weighted by atomic mass is 16.7. The van der Waals surface area contributed by atoms with Crippen LogP contribution in [0.1, 0.15) is 5.56 Å². The molecule has 0 saturated carbocycles. The first-order chi connectivity index (χ1) is 9.72. The SMILES string of the molecule is COCOCC(=O)N1C(=O)OC[C@@H]1Cc1ccccc1. The van der Waals surface area contributed by atoms with Crippen molar-refractivity contribution < 1.29 is 23.8 Å². The second kappa shape index (κ2) is 7.02. The molecule has 0 spiro atoms. The maximum atomic E-state index is 12.0. The van der Waals surface area contributed by atoms with Gasteiger partial charge in [-0.05, 0) is 12.0 Å². The zero-order valence-electron chi connectivity index (χ0n) is 11.3. The molecule has 20 heavy (non-hydrogen) atoms. The average Bonchev–Trinajstić information content (AvgIpc) is 2.81. The molecule has 0 radical (unpaired) electrons. The van der Waals surface area contributed by atoms with Crippen LogP contribution in [0.2, 0.25) is 0 Å². The normalized spacial score (nSPS) is 18.1. The summed E-state index contributed by atoms with van der Waals surface area (Å²) in [6.07, 6.45) is -0.0419. The van der Waals surface area contributed by atoms with Crippen molar-refractivity contribution in [2.24, 2.45) is 0 Å². The van der Waals surface area contributed by atoms with Crippen LogP contribution >= 0.6 is 0 Å². The van der Waals surface area contributed by atoms with Gasteiger partial charge in [0.1, 0.15) is 20.0 Å². The lowest BCUT2D eigenvalue weighted by Gasteiger charge is -2.19. The zero-order chi connectivity index (χ0) is 14.4. The molecule has 2 rings (SSSR count). The fraction of sp³-hybridized carbons (Fsp3) is 0.429. The Morgan fingerprint density at radius 3 is 2.85 bits per heavy atom. The van der Waals surface area contributed by atoms with E-state index in [4.69, 9.17) is 14.2 Å². The van der Waals surface area contributed by atoms with Crippen LogP contribution in [0.5, 0.6) is 0 Å². The minimum Gasteiger partial charge on any atom is -0.447 e. The second-order valence-electron chi connectivity index (χ2n) is 4.44. The second-order valence-corrected chi connectivity index (χ2v) is 4.44. The summed E-state index contributed by atoms with van der Waals surface area (Å²) in [6, 6.07) is 9.37. The molecule has 0 N–H and O–H groups in total. The predicted molar refractivity (Wildman–Crippen MR) is 70.0 cm³/mol. The topological polar surface area (TPSA) is 65.1 Å². The minimum atomic E-state index is -0.614. The molecule has 0 bridgehead atoms. The largest absolute Gasteiger partial charge is 0.447 e. The van der Waals surface area contributed by atoms with Gasteiger partial charge in [0, 0.05) is 7.11 Å². The van der Waals surface area contributed by atoms with Gasteiger partial charge < -0.3 is 14.2 Å². The van der Waals surface area contributed by atoms with Crippen LogP contribution in [0.25, 0.3) is 0 Å². The van der Waals surface area contributed by atoms with Crippen molar-refractivity contribution in [1.82, 2.24) is 4.90 Å². The van der Waals surface area contributed by atoms with Crippen molar-refractivity contribution in [3.63, 3.8) is 0 Å². The third-order valence-corrected chi connectivity index (χ3v) is 2.97. The highest BCUT2D eigenvalue weighted by molar-refractivity contribution is 5.94. The van der Waals surface area contributed by atoms with Gasteiger partial charge in [-0.15, -0.1) is 0 Å². The van der Waals surface area contributed by atoms with Crippen LogP contribution in [0.15, 0.2) is 30.3 Å². The Morgan fingerprint density at radius 2 is 2.15 bits per heavy atom. The van der Waals surface area contributed by atoms with E-state index in [0.717, 1.165) is 10.5 Å². The lowest BCUT2D eigenvalue weighted by molar-refractivity contribution is -0.138. The Balaban J connectivity index is 1.97. The van der Waals surface area contributed by atoms with Gasteiger partial charge in [0.05, 0.1) is 6.04 Å². The van der Waals surface area contributed by atoms with Gasteiger partial charge in [0.25, 0.3) is 5.91 Å². The number of rotatable bonds is 6. The first-order valence-corrected chi connectivity index (χ1v) is 6.32. The van der Waals surface area contributed by atoms with Gasteiger partial charge in [-0.2, -0.15) is 0 Å². The lowest BCUT2D eigenvalue weighted by Crippen LogP contribution is -2.42. The molecule has 1 heterocycles. The van der Waals surface area contributed by atoms with E-state index in [0.29, 0.717) is 6.42 Å². The molecule has 2 amide bonds. The molecule has 1 saturated heterocycles. The average molecular weight is 279 g/mol. The van der Waals surface area contributed by atoms with E-state index in [2.05, 4.69) is 0 Å². The van der Waals surface area contributed by atoms with Crippen LogP contribution < -0.4 is 0 Å². The van der Waals surface area contributed by atoms with Crippen LogP contribution in [-0.4, -0.2) is 50.1 Å². The Bertz CT molecular complexity index is 462. The van der Waals surface area contributed by atoms with Gasteiger partial charge in [0.15, 0.2) is 0 Å². The first kappa shape index (κ1) is 14.5. The van der Waals surface area contributed by atoms with E-state index in [1.807, 2.05) is 30.3 Å². The summed E-state index contributed by atoms with van der Waals surface area (Å²) in [5.41, 5.74) is 1.05. The zero-order valence-corrected chi connectivity index (χ0v) is 11.3. The third-order valence-electron chi connectivity index (χ3n) is 2.97. The summed E-state index contributed by atoms with van der Waals surface area (Å²) in [5.74, 6) is -0.412. The summed E-state index contributed by atoms with van der Waals surface area (Å²) < 4.78 is 14.6. The molecule has 0 aliphatic carbocycles. The summed E-state index contributed by atoms with van der Waals surface area (Å²) in [7, 11) is 1.47. The van der Waals surface area contributed by atoms with E-state index >= 15 is 0 Å². The van der Waals surface area contributed by atoms with E-state index in [1.165, 1.54) is 7.11 Å². The Labute approximate surface area is 117 Å². The number of hydrogen-bond donors (Lipinski definition) is 0. The van der Waals surface area contributed by atoms with Crippen LogP contribution in [-0.2, 0) is 25.4 Å². The van der Waals surface area contributed by atoms with E-state index in [9.17, 15) is 9.59 Å². The molecular formula is C14H17NO5.